The van der Waals surface area contributed by atoms with Crippen LogP contribution < -0.4 is 5.73 Å². The van der Waals surface area contributed by atoms with Crippen molar-refractivity contribution in [1.82, 2.24) is 19.5 Å². The number of nitrogens with two attached hydrogens (primary N) is 1. The summed E-state index contributed by atoms with van der Waals surface area (Å²) in [6.07, 6.45) is 1.85. The minimum Gasteiger partial charge on any atom is -0.469 e. The smallest absolute Gasteiger partial charge is 0.206 e. The molecule has 1 fully saturated rings. The third kappa shape index (κ3) is 4.37. The fraction of sp³-hybridized carbons (Fsp3) is 0.682. The molecule has 0 aromatic carbocycles. The van der Waals surface area contributed by atoms with E-state index in [2.05, 4.69) is 89.3 Å². The fourth-order valence-corrected chi connectivity index (χ4v) is 5.69. The maximum Gasteiger partial charge on any atom is 0.206 e. The predicted molar refractivity (Wildman–Crippen MR) is 133 cm³/mol. The van der Waals surface area contributed by atoms with Gasteiger partial charge in [-0.1, -0.05) is 48.1 Å². The number of aromatic nitrogens is 4. The molecule has 3 heterocycles. The summed E-state index contributed by atoms with van der Waals surface area (Å²) in [5, 5.41) is 0.0584. The van der Waals surface area contributed by atoms with Crippen LogP contribution in [0.3, 0.4) is 0 Å². The average Bonchev–Trinajstić information content (AvgIpc) is 3.16. The number of anilines is 1. The fourth-order valence-electron chi connectivity index (χ4n) is 3.16. The molecule has 1 aliphatic heterocycles. The van der Waals surface area contributed by atoms with Gasteiger partial charge in [0.1, 0.15) is 36.1 Å². The number of rotatable bonds is 5. The molecule has 2 N–H and O–H groups in total. The summed E-state index contributed by atoms with van der Waals surface area (Å²) < 4.78 is 22.0. The number of imidazole rings is 1. The van der Waals surface area contributed by atoms with Gasteiger partial charge < -0.3 is 19.3 Å². The maximum absolute atomic E-state index is 6.95. The number of nitrogens with zero attached hydrogens (tertiary/aromatic N) is 4. The Kier molecular flexibility index (Phi) is 6.16. The molecule has 1 saturated heterocycles. The molecule has 1 aliphatic rings. The van der Waals surface area contributed by atoms with Gasteiger partial charge in [0.2, 0.25) is 6.23 Å². The lowest BCUT2D eigenvalue weighted by atomic mass is 10.2. The Morgan fingerprint density at radius 3 is 2.09 bits per heavy atom. The third-order valence-corrected chi connectivity index (χ3v) is 16.2. The summed E-state index contributed by atoms with van der Waals surface area (Å²) in [4.78, 5) is 12.9. The van der Waals surface area contributed by atoms with Crippen molar-refractivity contribution >= 4 is 33.6 Å². The molecule has 0 bridgehead atoms. The quantitative estimate of drug-likeness (QED) is 0.589. The lowest BCUT2D eigenvalue weighted by Crippen LogP contribution is -2.52. The van der Waals surface area contributed by atoms with Crippen molar-refractivity contribution in [2.45, 2.75) is 96.2 Å². The Morgan fingerprint density at radius 2 is 1.53 bits per heavy atom. The maximum atomic E-state index is 6.95. The second-order valence-corrected chi connectivity index (χ2v) is 21.2. The van der Waals surface area contributed by atoms with Gasteiger partial charge in [0.15, 0.2) is 28.1 Å². The summed E-state index contributed by atoms with van der Waals surface area (Å²) in [6.45, 7) is 26.5. The Labute approximate surface area is 193 Å². The molecule has 32 heavy (non-hydrogen) atoms. The van der Waals surface area contributed by atoms with Gasteiger partial charge in [-0.15, -0.1) is 0 Å². The molecule has 10 heteroatoms. The van der Waals surface area contributed by atoms with Gasteiger partial charge in [0.05, 0.1) is 0 Å². The van der Waals surface area contributed by atoms with Gasteiger partial charge in [-0.25, -0.2) is 15.0 Å². The zero-order valence-electron chi connectivity index (χ0n) is 21.2. The third-order valence-electron chi connectivity index (χ3n) is 7.29. The van der Waals surface area contributed by atoms with Crippen molar-refractivity contribution in [3.63, 3.8) is 0 Å². The van der Waals surface area contributed by atoms with Crippen molar-refractivity contribution in [2.24, 2.45) is 0 Å². The van der Waals surface area contributed by atoms with E-state index in [9.17, 15) is 0 Å². The molecule has 0 radical (unpaired) electrons. The van der Waals surface area contributed by atoms with Gasteiger partial charge in [-0.3, -0.25) is 4.57 Å². The first-order valence-electron chi connectivity index (χ1n) is 11.1. The first kappa shape index (κ1) is 24.9. The highest BCUT2D eigenvalue weighted by atomic mass is 28.4. The molecule has 2 aromatic heterocycles. The van der Waals surface area contributed by atoms with Crippen LogP contribution in [0.2, 0.25) is 36.3 Å². The molecule has 0 amide bonds. The van der Waals surface area contributed by atoms with Crippen LogP contribution in [0, 0.1) is 0 Å². The minimum atomic E-state index is -2.17. The van der Waals surface area contributed by atoms with Crippen molar-refractivity contribution < 1.29 is 13.6 Å². The van der Waals surface area contributed by atoms with Crippen LogP contribution in [0.25, 0.3) is 11.2 Å². The average molecular weight is 478 g/mol. The Hall–Kier alpha value is -1.76. The number of hydrogen-bond acceptors (Lipinski definition) is 7. The first-order valence-corrected chi connectivity index (χ1v) is 16.9. The number of nitrogen functional groups attached to an aromatic ring is 1. The van der Waals surface area contributed by atoms with Crippen LogP contribution in [-0.4, -0.2) is 48.4 Å². The van der Waals surface area contributed by atoms with E-state index in [4.69, 9.17) is 19.3 Å². The topological polar surface area (TPSA) is 97.3 Å². The van der Waals surface area contributed by atoms with E-state index in [1.54, 1.807) is 6.33 Å². The Morgan fingerprint density at radius 1 is 0.969 bits per heavy atom. The van der Waals surface area contributed by atoms with E-state index in [1.807, 2.05) is 4.57 Å². The highest BCUT2D eigenvalue weighted by molar-refractivity contribution is 6.74. The van der Waals surface area contributed by atoms with Crippen LogP contribution in [0.5, 0.6) is 0 Å². The van der Waals surface area contributed by atoms with Gasteiger partial charge >= 0.3 is 0 Å². The van der Waals surface area contributed by atoms with E-state index in [0.717, 1.165) is 0 Å². The van der Waals surface area contributed by atoms with Gasteiger partial charge in [-0.05, 0) is 36.3 Å². The molecule has 2 aromatic rings. The highest BCUT2D eigenvalue weighted by Crippen LogP contribution is 2.46. The lowest BCUT2D eigenvalue weighted by molar-refractivity contribution is -0.00170. The summed E-state index contributed by atoms with van der Waals surface area (Å²) in [6, 6.07) is 0. The molecule has 3 rings (SSSR count). The van der Waals surface area contributed by atoms with Crippen LogP contribution >= 0.6 is 0 Å². The second-order valence-electron chi connectivity index (χ2n) is 11.7. The number of ether oxygens (including phenoxy) is 1. The summed E-state index contributed by atoms with van der Waals surface area (Å²) in [7, 11) is -4.30. The van der Waals surface area contributed by atoms with E-state index >= 15 is 0 Å². The van der Waals surface area contributed by atoms with E-state index < -0.39 is 22.9 Å². The molecule has 0 aliphatic carbocycles. The summed E-state index contributed by atoms with van der Waals surface area (Å²) >= 11 is 0. The zero-order valence-corrected chi connectivity index (χ0v) is 23.2. The standard InChI is InChI=1S/C22H39N5O3Si2/c1-14-16(29-31(8,9)21(2,3)4)17(30-32(10,11)22(5,6)7)20(28-14)27-13-26-15-18(23)24-12-25-19(15)27/h12-13,16-17,20H,1H2,2-11H3,(H2,23,24,25)/t16-,17+,20+/m0/s1. The van der Waals surface area contributed by atoms with Crippen molar-refractivity contribution in [1.29, 1.82) is 0 Å². The van der Waals surface area contributed by atoms with E-state index in [0.29, 0.717) is 22.7 Å². The lowest BCUT2D eigenvalue weighted by Gasteiger charge is -2.43. The molecular weight excluding hydrogens is 438 g/mol. The minimum absolute atomic E-state index is 0.0204. The van der Waals surface area contributed by atoms with E-state index in [-0.39, 0.29) is 22.3 Å². The first-order chi connectivity index (χ1) is 14.5. The number of hydrogen-bond donors (Lipinski definition) is 1. The predicted octanol–water partition coefficient (Wildman–Crippen LogP) is 5.23. The Bertz CT molecular complexity index is 1010. The van der Waals surface area contributed by atoms with Crippen LogP contribution in [0.1, 0.15) is 47.8 Å². The normalized spacial score (nSPS) is 23.1. The molecule has 178 valence electrons. The molecule has 3 atom stereocenters. The van der Waals surface area contributed by atoms with Gasteiger partial charge in [0.25, 0.3) is 0 Å². The van der Waals surface area contributed by atoms with Gasteiger partial charge in [0, 0.05) is 0 Å². The largest absolute Gasteiger partial charge is 0.469 e. The monoisotopic (exact) mass is 477 g/mol. The van der Waals surface area contributed by atoms with Crippen LogP contribution in [-0.2, 0) is 13.6 Å². The second kappa shape index (κ2) is 7.93. The molecule has 0 unspecified atom stereocenters. The summed E-state index contributed by atoms with van der Waals surface area (Å²) in [5.74, 6) is 0.911. The van der Waals surface area contributed by atoms with Crippen LogP contribution in [0.4, 0.5) is 5.82 Å². The van der Waals surface area contributed by atoms with Crippen molar-refractivity contribution in [2.75, 3.05) is 5.73 Å². The van der Waals surface area contributed by atoms with Crippen molar-refractivity contribution in [3.05, 3.63) is 25.0 Å². The number of fused-ring (bicyclic) bond motifs is 1. The highest BCUT2D eigenvalue weighted by Gasteiger charge is 2.52. The van der Waals surface area contributed by atoms with Crippen LogP contribution in [0.15, 0.2) is 25.0 Å². The summed E-state index contributed by atoms with van der Waals surface area (Å²) in [5.41, 5.74) is 7.17. The Balaban J connectivity index is 2.08. The zero-order chi connectivity index (χ0) is 24.3. The van der Waals surface area contributed by atoms with Gasteiger partial charge in [-0.2, -0.15) is 0 Å². The molecule has 0 saturated carbocycles. The molecule has 0 spiro atoms. The SMILES string of the molecule is C=C1O[C@@H](n2cnc3c(N)ncnc32)[C@H](O[Si](C)(C)C(C)(C)C)[C@H]1O[Si](C)(C)C(C)(C)C. The van der Waals surface area contributed by atoms with Crippen molar-refractivity contribution in [3.8, 4) is 0 Å². The molecular formula is C22H39N5O3Si2. The molecule has 8 nitrogen and oxygen atoms in total. The van der Waals surface area contributed by atoms with E-state index in [1.165, 1.54) is 6.33 Å².